The number of carbonyl (C=O) groups excluding carboxylic acids is 1. The number of halogens is 3. The Morgan fingerprint density at radius 1 is 1.39 bits per heavy atom. The monoisotopic (exact) mass is 349 g/mol. The van der Waals surface area contributed by atoms with Gasteiger partial charge in [-0.25, -0.2) is 0 Å². The second-order valence-electron chi connectivity index (χ2n) is 5.73. The SMILES string of the molecule is NCCC(=O)NCC1CCCCN1Cc1ccc(C(F)(F)F)s1. The molecule has 0 spiro atoms. The summed E-state index contributed by atoms with van der Waals surface area (Å²) in [5.41, 5.74) is 5.34. The van der Waals surface area contributed by atoms with Crippen molar-refractivity contribution in [2.45, 2.75) is 44.4 Å². The number of alkyl halides is 3. The average molecular weight is 349 g/mol. The van der Waals surface area contributed by atoms with Gasteiger partial charge in [0.25, 0.3) is 0 Å². The highest BCUT2D eigenvalue weighted by Crippen LogP contribution is 2.35. The summed E-state index contributed by atoms with van der Waals surface area (Å²) < 4.78 is 38.0. The fourth-order valence-corrected chi connectivity index (χ4v) is 3.67. The van der Waals surface area contributed by atoms with Crippen molar-refractivity contribution < 1.29 is 18.0 Å². The molecule has 23 heavy (non-hydrogen) atoms. The molecule has 1 atom stereocenters. The van der Waals surface area contributed by atoms with Crippen molar-refractivity contribution in [2.75, 3.05) is 19.6 Å². The number of rotatable bonds is 6. The second-order valence-corrected chi connectivity index (χ2v) is 6.89. The molecule has 2 heterocycles. The van der Waals surface area contributed by atoms with Gasteiger partial charge in [-0.05, 0) is 31.5 Å². The first-order valence-electron chi connectivity index (χ1n) is 7.77. The lowest BCUT2D eigenvalue weighted by atomic mass is 10.0. The third kappa shape index (κ3) is 5.47. The van der Waals surface area contributed by atoms with Crippen LogP contribution >= 0.6 is 11.3 Å². The maximum Gasteiger partial charge on any atom is 0.425 e. The molecule has 0 aromatic carbocycles. The third-order valence-electron chi connectivity index (χ3n) is 3.96. The lowest BCUT2D eigenvalue weighted by molar-refractivity contribution is -0.134. The number of hydrogen-bond donors (Lipinski definition) is 2. The van der Waals surface area contributed by atoms with Crippen molar-refractivity contribution in [1.82, 2.24) is 10.2 Å². The van der Waals surface area contributed by atoms with Crippen molar-refractivity contribution in [3.63, 3.8) is 0 Å². The van der Waals surface area contributed by atoms with Crippen molar-refractivity contribution in [3.05, 3.63) is 21.9 Å². The summed E-state index contributed by atoms with van der Waals surface area (Å²) in [6.07, 6.45) is -0.926. The highest BCUT2D eigenvalue weighted by atomic mass is 32.1. The third-order valence-corrected chi connectivity index (χ3v) is 5.07. The number of piperidine rings is 1. The minimum absolute atomic E-state index is 0.0755. The molecule has 1 amide bonds. The fraction of sp³-hybridized carbons (Fsp3) is 0.667. The van der Waals surface area contributed by atoms with Crippen molar-refractivity contribution in [1.29, 1.82) is 0 Å². The van der Waals surface area contributed by atoms with Crippen molar-refractivity contribution in [2.24, 2.45) is 5.73 Å². The van der Waals surface area contributed by atoms with Gasteiger partial charge in [0, 0.05) is 37.0 Å². The standard InChI is InChI=1S/C15H22F3N3OS/c16-15(17,18)13-5-4-12(23-13)10-21-8-2-1-3-11(21)9-20-14(22)6-7-19/h4-5,11H,1-3,6-10,19H2,(H,20,22). The van der Waals surface area contributed by atoms with E-state index < -0.39 is 11.1 Å². The fourth-order valence-electron chi connectivity index (χ4n) is 2.77. The number of hydrogen-bond acceptors (Lipinski definition) is 4. The number of nitrogens with zero attached hydrogens (tertiary/aromatic N) is 1. The second kappa shape index (κ2) is 8.12. The van der Waals surface area contributed by atoms with Crippen LogP contribution in [0.4, 0.5) is 13.2 Å². The first kappa shape index (κ1) is 18.2. The lowest BCUT2D eigenvalue weighted by Crippen LogP contribution is -2.46. The zero-order chi connectivity index (χ0) is 16.9. The summed E-state index contributed by atoms with van der Waals surface area (Å²) in [6, 6.07) is 2.86. The van der Waals surface area contributed by atoms with Crippen molar-refractivity contribution >= 4 is 17.2 Å². The first-order valence-corrected chi connectivity index (χ1v) is 8.58. The van der Waals surface area contributed by atoms with Gasteiger partial charge in [-0.2, -0.15) is 13.2 Å². The Morgan fingerprint density at radius 3 is 2.83 bits per heavy atom. The Bertz CT molecular complexity index is 518. The molecule has 1 unspecified atom stereocenters. The Balaban J connectivity index is 1.93. The molecule has 0 bridgehead atoms. The van der Waals surface area contributed by atoms with E-state index in [2.05, 4.69) is 10.2 Å². The minimum atomic E-state index is -4.28. The molecule has 2 rings (SSSR count). The van der Waals surface area contributed by atoms with E-state index in [4.69, 9.17) is 5.73 Å². The van der Waals surface area contributed by atoms with Crippen LogP contribution in [-0.2, 0) is 17.5 Å². The zero-order valence-electron chi connectivity index (χ0n) is 12.9. The van der Waals surface area contributed by atoms with Gasteiger partial charge in [0.2, 0.25) is 5.91 Å². The first-order chi connectivity index (χ1) is 10.9. The summed E-state index contributed by atoms with van der Waals surface area (Å²) in [5.74, 6) is -0.0755. The molecule has 3 N–H and O–H groups in total. The molecule has 1 aliphatic heterocycles. The normalized spacial score (nSPS) is 19.7. The number of thiophene rings is 1. The molecule has 1 aromatic heterocycles. The van der Waals surface area contributed by atoms with Crippen LogP contribution in [0.2, 0.25) is 0 Å². The quantitative estimate of drug-likeness (QED) is 0.830. The van der Waals surface area contributed by atoms with Crippen LogP contribution < -0.4 is 11.1 Å². The summed E-state index contributed by atoms with van der Waals surface area (Å²) >= 11 is 0.797. The van der Waals surface area contributed by atoms with E-state index in [1.54, 1.807) is 6.07 Å². The van der Waals surface area contributed by atoms with E-state index in [1.807, 2.05) is 0 Å². The van der Waals surface area contributed by atoms with Crippen LogP contribution in [0, 0.1) is 0 Å². The molecule has 0 aliphatic carbocycles. The van der Waals surface area contributed by atoms with Crippen LogP contribution in [0.1, 0.15) is 35.4 Å². The van der Waals surface area contributed by atoms with Gasteiger partial charge < -0.3 is 11.1 Å². The molecular weight excluding hydrogens is 327 g/mol. The van der Waals surface area contributed by atoms with Crippen LogP contribution in [-0.4, -0.2) is 36.5 Å². The Morgan fingerprint density at radius 2 is 2.17 bits per heavy atom. The number of nitrogens with one attached hydrogen (secondary N) is 1. The Kier molecular flexibility index (Phi) is 6.43. The number of carbonyl (C=O) groups is 1. The van der Waals surface area contributed by atoms with Crippen LogP contribution in [0.25, 0.3) is 0 Å². The molecule has 0 radical (unpaired) electrons. The highest BCUT2D eigenvalue weighted by Gasteiger charge is 2.33. The number of likely N-dealkylation sites (tertiary alicyclic amines) is 1. The smallest absolute Gasteiger partial charge is 0.354 e. The van der Waals surface area contributed by atoms with Gasteiger partial charge in [-0.3, -0.25) is 9.69 Å². The van der Waals surface area contributed by atoms with Gasteiger partial charge in [0.1, 0.15) is 4.88 Å². The largest absolute Gasteiger partial charge is 0.425 e. The molecule has 8 heteroatoms. The van der Waals surface area contributed by atoms with Crippen molar-refractivity contribution in [3.8, 4) is 0 Å². The Hall–Kier alpha value is -1.12. The van der Waals surface area contributed by atoms with Gasteiger partial charge >= 0.3 is 6.18 Å². The van der Waals surface area contributed by atoms with Crippen LogP contribution in [0.3, 0.4) is 0 Å². The van der Waals surface area contributed by atoms with E-state index in [9.17, 15) is 18.0 Å². The predicted molar refractivity (Wildman–Crippen MR) is 84.1 cm³/mol. The lowest BCUT2D eigenvalue weighted by Gasteiger charge is -2.35. The molecule has 1 aromatic rings. The maximum atomic E-state index is 12.7. The molecule has 1 fully saturated rings. The van der Waals surface area contributed by atoms with E-state index >= 15 is 0 Å². The minimum Gasteiger partial charge on any atom is -0.354 e. The average Bonchev–Trinajstić information content (AvgIpc) is 2.95. The zero-order valence-corrected chi connectivity index (χ0v) is 13.7. The molecule has 130 valence electrons. The molecule has 0 saturated carbocycles. The van der Waals surface area contributed by atoms with E-state index in [0.29, 0.717) is 30.9 Å². The Labute approximate surface area is 137 Å². The van der Waals surface area contributed by atoms with E-state index in [-0.39, 0.29) is 11.9 Å². The van der Waals surface area contributed by atoms with Crippen LogP contribution in [0.15, 0.2) is 12.1 Å². The molecule has 1 saturated heterocycles. The molecule has 1 aliphatic rings. The van der Waals surface area contributed by atoms with Gasteiger partial charge in [0.15, 0.2) is 0 Å². The van der Waals surface area contributed by atoms with Gasteiger partial charge in [-0.15, -0.1) is 11.3 Å². The number of amides is 1. The van der Waals surface area contributed by atoms with Crippen LogP contribution in [0.5, 0.6) is 0 Å². The number of nitrogens with two attached hydrogens (primary N) is 1. The summed E-state index contributed by atoms with van der Waals surface area (Å²) in [6.45, 7) is 2.18. The van der Waals surface area contributed by atoms with E-state index in [0.717, 1.165) is 43.2 Å². The van der Waals surface area contributed by atoms with Gasteiger partial charge in [0.05, 0.1) is 0 Å². The summed E-state index contributed by atoms with van der Waals surface area (Å²) in [4.78, 5) is 13.8. The predicted octanol–water partition coefficient (Wildman–Crippen LogP) is 2.59. The maximum absolute atomic E-state index is 12.7. The van der Waals surface area contributed by atoms with Gasteiger partial charge in [-0.1, -0.05) is 6.42 Å². The molecular formula is C15H22F3N3OS. The molecule has 4 nitrogen and oxygen atoms in total. The highest BCUT2D eigenvalue weighted by molar-refractivity contribution is 7.12. The summed E-state index contributed by atoms with van der Waals surface area (Å²) in [7, 11) is 0. The van der Waals surface area contributed by atoms with E-state index in [1.165, 1.54) is 0 Å². The summed E-state index contributed by atoms with van der Waals surface area (Å²) in [5, 5.41) is 2.86. The topological polar surface area (TPSA) is 58.4 Å².